The van der Waals surface area contributed by atoms with Crippen molar-refractivity contribution in [1.82, 2.24) is 5.32 Å². The molecule has 0 aliphatic carbocycles. The highest BCUT2D eigenvalue weighted by atomic mass is 32.2. The molecule has 194 valence electrons. The molecular formula is C30H30N4O3S. The molecule has 1 atom stereocenters. The second kappa shape index (κ2) is 11.4. The highest BCUT2D eigenvalue weighted by molar-refractivity contribution is 8.03. The summed E-state index contributed by atoms with van der Waals surface area (Å²) in [6, 6.07) is 17.3. The number of thioether (sulfide) groups is 1. The lowest BCUT2D eigenvalue weighted by Crippen LogP contribution is -2.31. The number of amides is 2. The Balaban J connectivity index is 1.59. The van der Waals surface area contributed by atoms with Crippen molar-refractivity contribution in [3.05, 3.63) is 105 Å². The molecule has 4 rings (SSSR count). The summed E-state index contributed by atoms with van der Waals surface area (Å²) in [5.74, 6) is -0.664. The van der Waals surface area contributed by atoms with Crippen molar-refractivity contribution < 1.29 is 14.0 Å². The third-order valence-corrected chi connectivity index (χ3v) is 7.42. The average Bonchev–Trinajstić information content (AvgIpc) is 3.40. The Morgan fingerprint density at radius 1 is 1.00 bits per heavy atom. The molecule has 0 spiro atoms. The number of benzene rings is 2. The summed E-state index contributed by atoms with van der Waals surface area (Å²) in [6.07, 6.45) is 1.52. The van der Waals surface area contributed by atoms with E-state index in [0.717, 1.165) is 27.9 Å². The number of allylic oxidation sites excluding steroid dienone is 2. The van der Waals surface area contributed by atoms with E-state index in [4.69, 9.17) is 4.42 Å². The highest BCUT2D eigenvalue weighted by Gasteiger charge is 2.36. The number of hydrogen-bond acceptors (Lipinski definition) is 6. The van der Waals surface area contributed by atoms with Crippen LogP contribution in [0.2, 0.25) is 0 Å². The molecule has 3 N–H and O–H groups in total. The zero-order chi connectivity index (χ0) is 27.4. The SMILES string of the molecule is CC1=C(C(=O)Nc2ccccc2C)[C@@H](c2ccco2)C(C#N)=C(SCC(=O)Nc2c(C)cc(C)cc2C)N1. The first-order valence-corrected chi connectivity index (χ1v) is 13.2. The Morgan fingerprint density at radius 3 is 2.34 bits per heavy atom. The smallest absolute Gasteiger partial charge is 0.254 e. The highest BCUT2D eigenvalue weighted by Crippen LogP contribution is 2.41. The Bertz CT molecular complexity index is 1470. The van der Waals surface area contributed by atoms with E-state index in [1.807, 2.05) is 64.1 Å². The summed E-state index contributed by atoms with van der Waals surface area (Å²) in [5.41, 5.74) is 6.84. The summed E-state index contributed by atoms with van der Waals surface area (Å²) >= 11 is 1.22. The predicted molar refractivity (Wildman–Crippen MR) is 151 cm³/mol. The standard InChI is InChI=1S/C30H30N4O3S/c1-17-13-19(3)28(20(4)14-17)34-25(35)16-38-30-22(15-31)27(24-11-8-12-37-24)26(21(5)32-30)29(36)33-23-10-7-6-9-18(23)2/h6-14,27,32H,16H2,1-5H3,(H,33,36)(H,34,35)/t27-/m1/s1. The topological polar surface area (TPSA) is 107 Å². The second-order valence-corrected chi connectivity index (χ2v) is 10.3. The Hall–Kier alpha value is -4.22. The van der Waals surface area contributed by atoms with E-state index in [0.29, 0.717) is 33.3 Å². The molecule has 7 nitrogen and oxygen atoms in total. The Kier molecular flexibility index (Phi) is 8.08. The molecular weight excluding hydrogens is 496 g/mol. The Morgan fingerprint density at radius 2 is 1.71 bits per heavy atom. The van der Waals surface area contributed by atoms with Gasteiger partial charge in [0.2, 0.25) is 5.91 Å². The van der Waals surface area contributed by atoms with Crippen molar-refractivity contribution in [3.8, 4) is 6.07 Å². The minimum absolute atomic E-state index is 0.0865. The van der Waals surface area contributed by atoms with E-state index >= 15 is 0 Å². The maximum atomic E-state index is 13.5. The Labute approximate surface area is 227 Å². The summed E-state index contributed by atoms with van der Waals surface area (Å²) in [4.78, 5) is 26.4. The number of carbonyl (C=O) groups excluding carboxylic acids is 2. The van der Waals surface area contributed by atoms with Crippen LogP contribution in [0.15, 0.2) is 81.1 Å². The molecule has 1 aliphatic heterocycles. The number of hydrogen-bond donors (Lipinski definition) is 3. The van der Waals surface area contributed by atoms with Gasteiger partial charge >= 0.3 is 0 Å². The number of para-hydroxylation sites is 1. The lowest BCUT2D eigenvalue weighted by Gasteiger charge is -2.28. The molecule has 8 heteroatoms. The van der Waals surface area contributed by atoms with Gasteiger partial charge < -0.3 is 20.4 Å². The van der Waals surface area contributed by atoms with E-state index in [9.17, 15) is 14.9 Å². The fraction of sp³-hybridized carbons (Fsp3) is 0.233. The van der Waals surface area contributed by atoms with Crippen molar-refractivity contribution >= 4 is 35.0 Å². The summed E-state index contributed by atoms with van der Waals surface area (Å²) in [6.45, 7) is 9.66. The number of anilines is 2. The lowest BCUT2D eigenvalue weighted by molar-refractivity contribution is -0.114. The van der Waals surface area contributed by atoms with Gasteiger partial charge in [-0.3, -0.25) is 9.59 Å². The zero-order valence-corrected chi connectivity index (χ0v) is 22.9. The van der Waals surface area contributed by atoms with Gasteiger partial charge in [0.1, 0.15) is 5.76 Å². The first-order valence-electron chi connectivity index (χ1n) is 12.2. The van der Waals surface area contributed by atoms with Gasteiger partial charge in [0.15, 0.2) is 0 Å². The molecule has 2 amide bonds. The molecule has 2 heterocycles. The molecule has 0 radical (unpaired) electrons. The molecule has 3 aromatic rings. The number of nitrogens with one attached hydrogen (secondary N) is 3. The van der Waals surface area contributed by atoms with E-state index < -0.39 is 5.92 Å². The van der Waals surface area contributed by atoms with Gasteiger partial charge in [-0.05, 0) is 69.5 Å². The number of furan rings is 1. The first-order chi connectivity index (χ1) is 18.2. The van der Waals surface area contributed by atoms with Gasteiger partial charge in [0.25, 0.3) is 5.91 Å². The maximum Gasteiger partial charge on any atom is 0.254 e. The van der Waals surface area contributed by atoms with Gasteiger partial charge in [-0.1, -0.05) is 47.7 Å². The van der Waals surface area contributed by atoms with Gasteiger partial charge in [0.05, 0.1) is 40.2 Å². The summed E-state index contributed by atoms with van der Waals surface area (Å²) < 4.78 is 5.68. The predicted octanol–water partition coefficient (Wildman–Crippen LogP) is 6.22. The number of carbonyl (C=O) groups is 2. The van der Waals surface area contributed by atoms with E-state index in [2.05, 4.69) is 22.0 Å². The average molecular weight is 527 g/mol. The van der Waals surface area contributed by atoms with Crippen LogP contribution in [-0.4, -0.2) is 17.6 Å². The maximum absolute atomic E-state index is 13.5. The largest absolute Gasteiger partial charge is 0.468 e. The molecule has 38 heavy (non-hydrogen) atoms. The second-order valence-electron chi connectivity index (χ2n) is 9.35. The molecule has 1 aliphatic rings. The van der Waals surface area contributed by atoms with Crippen LogP contribution in [-0.2, 0) is 9.59 Å². The van der Waals surface area contributed by atoms with Crippen LogP contribution in [0.1, 0.15) is 40.9 Å². The van der Waals surface area contributed by atoms with Crippen LogP contribution in [0.4, 0.5) is 11.4 Å². The first kappa shape index (κ1) is 26.8. The molecule has 0 saturated heterocycles. The third kappa shape index (κ3) is 5.68. The zero-order valence-electron chi connectivity index (χ0n) is 22.1. The van der Waals surface area contributed by atoms with Crippen molar-refractivity contribution in [1.29, 1.82) is 5.26 Å². The quantitative estimate of drug-likeness (QED) is 0.337. The van der Waals surface area contributed by atoms with Gasteiger partial charge in [-0.2, -0.15) is 5.26 Å². The molecule has 0 unspecified atom stereocenters. The van der Waals surface area contributed by atoms with E-state index in [1.165, 1.54) is 18.0 Å². The van der Waals surface area contributed by atoms with Crippen LogP contribution >= 0.6 is 11.8 Å². The number of rotatable bonds is 7. The normalized spacial score (nSPS) is 15.1. The monoisotopic (exact) mass is 526 g/mol. The molecule has 0 saturated carbocycles. The number of dihydropyridines is 1. The fourth-order valence-corrected chi connectivity index (χ4v) is 5.55. The van der Waals surface area contributed by atoms with Crippen LogP contribution < -0.4 is 16.0 Å². The lowest BCUT2D eigenvalue weighted by atomic mass is 9.85. The van der Waals surface area contributed by atoms with Crippen molar-refractivity contribution in [2.45, 2.75) is 40.5 Å². The van der Waals surface area contributed by atoms with Crippen LogP contribution in [0.25, 0.3) is 0 Å². The molecule has 0 fully saturated rings. The van der Waals surface area contributed by atoms with E-state index in [1.54, 1.807) is 19.1 Å². The third-order valence-electron chi connectivity index (χ3n) is 6.40. The van der Waals surface area contributed by atoms with Gasteiger partial charge in [-0.25, -0.2) is 0 Å². The fourth-order valence-electron chi connectivity index (χ4n) is 4.66. The summed E-state index contributed by atoms with van der Waals surface area (Å²) in [5, 5.41) is 19.9. The molecule has 1 aromatic heterocycles. The number of nitriles is 1. The van der Waals surface area contributed by atoms with Crippen LogP contribution in [0, 0.1) is 39.0 Å². The number of aryl methyl sites for hydroxylation is 4. The molecule has 2 aromatic carbocycles. The van der Waals surface area contributed by atoms with Gasteiger partial charge in [0, 0.05) is 17.1 Å². The van der Waals surface area contributed by atoms with Crippen molar-refractivity contribution in [3.63, 3.8) is 0 Å². The van der Waals surface area contributed by atoms with Crippen LogP contribution in [0.3, 0.4) is 0 Å². The van der Waals surface area contributed by atoms with Crippen molar-refractivity contribution in [2.24, 2.45) is 0 Å². The minimum atomic E-state index is -0.715. The summed E-state index contributed by atoms with van der Waals surface area (Å²) in [7, 11) is 0. The number of nitrogens with zero attached hydrogens (tertiary/aromatic N) is 1. The van der Waals surface area contributed by atoms with E-state index in [-0.39, 0.29) is 17.6 Å². The van der Waals surface area contributed by atoms with Crippen LogP contribution in [0.5, 0.6) is 0 Å². The molecule has 0 bridgehead atoms. The van der Waals surface area contributed by atoms with Gasteiger partial charge in [-0.15, -0.1) is 0 Å². The van der Waals surface area contributed by atoms with Crippen molar-refractivity contribution in [2.75, 3.05) is 16.4 Å². The minimum Gasteiger partial charge on any atom is -0.468 e.